The summed E-state index contributed by atoms with van der Waals surface area (Å²) in [6.07, 6.45) is 21.2. The number of ketones is 3. The Labute approximate surface area is 780 Å². The van der Waals surface area contributed by atoms with Crippen LogP contribution < -0.4 is 31.3 Å². The van der Waals surface area contributed by atoms with Crippen LogP contribution in [0.3, 0.4) is 0 Å². The highest BCUT2D eigenvalue weighted by Gasteiger charge is 2.33. The number of nitrogens with one attached hydrogen (secondary N) is 5. The quantitative estimate of drug-likeness (QED) is 0.100. The van der Waals surface area contributed by atoms with E-state index >= 15 is 0 Å². The summed E-state index contributed by atoms with van der Waals surface area (Å²) in [5.41, 5.74) is 37.4. The van der Waals surface area contributed by atoms with Crippen molar-refractivity contribution in [3.63, 3.8) is 0 Å². The van der Waals surface area contributed by atoms with Crippen LogP contribution in [0.25, 0.3) is 18.2 Å². The van der Waals surface area contributed by atoms with E-state index in [1.165, 1.54) is 95.0 Å². The Hall–Kier alpha value is -12.0. The number of carbonyl (C=O) groups excluding carboxylic acids is 3. The predicted molar refractivity (Wildman–Crippen MR) is 559 cm³/mol. The number of fused-ring (bicyclic) bond motifs is 9. The molecule has 130 heavy (non-hydrogen) atoms. The van der Waals surface area contributed by atoms with Crippen molar-refractivity contribution in [1.29, 1.82) is 0 Å². The Morgan fingerprint density at radius 1 is 0.323 bits per heavy atom. The number of hydrogen-bond donors (Lipinski definition) is 5. The van der Waals surface area contributed by atoms with E-state index in [9.17, 15) is 14.4 Å². The zero-order chi connectivity index (χ0) is 95.8. The van der Waals surface area contributed by atoms with Gasteiger partial charge in [-0.05, 0) is 193 Å². The SMILES string of the molecule is C=C1C=Cc2cccc(C(C)(C)C)c2C1.C=C1Cc2c(cccc2C(C)(C)C)N1.C=C1Cc2c(cccc2C(C)(C)C)N1.C=C1Cc2cccc(C(C)(C)C)c2N1.C=C1Nc2cccc(C(C)(C)C)c2O1.CC(C)(C)c1cccc2c1C(=O)CC=C2.CC(C)(C)c1cccc2c1C(=O)CC=N2.CC(C)(C)c1cccc2c1CNC=C2.CC(C)(C)c1cccc2c1N=CCC2=O. The number of hydrogen-bond acceptors (Lipinski definition) is 11. The molecule has 9 aliphatic rings. The number of anilines is 4. The third-order valence-corrected chi connectivity index (χ3v) is 24.0. The van der Waals surface area contributed by atoms with E-state index in [0.717, 1.165) is 111 Å². The van der Waals surface area contributed by atoms with Crippen molar-refractivity contribution in [2.75, 3.05) is 21.3 Å². The molecule has 0 unspecified atom stereocenters. The molecule has 7 aliphatic heterocycles. The first-order chi connectivity index (χ1) is 60.5. The molecule has 0 aromatic heterocycles. The normalized spacial score (nSPS) is 15.1. The van der Waals surface area contributed by atoms with Crippen molar-refractivity contribution < 1.29 is 19.1 Å². The number of para-hydroxylation sites is 3. The maximum atomic E-state index is 11.9. The van der Waals surface area contributed by atoms with Gasteiger partial charge in [-0.1, -0.05) is 377 Å². The maximum absolute atomic E-state index is 11.9. The van der Waals surface area contributed by atoms with Crippen molar-refractivity contribution in [3.8, 4) is 5.75 Å². The van der Waals surface area contributed by atoms with Crippen molar-refractivity contribution in [2.45, 2.75) is 287 Å². The number of allylic oxidation sites excluding steroid dienone is 6. The fourth-order valence-electron chi connectivity index (χ4n) is 17.6. The second kappa shape index (κ2) is 40.2. The highest BCUT2D eigenvalue weighted by Crippen LogP contribution is 2.45. The topological polar surface area (TPSA) is 145 Å². The van der Waals surface area contributed by atoms with Crippen molar-refractivity contribution in [1.82, 2.24) is 5.32 Å². The van der Waals surface area contributed by atoms with Gasteiger partial charge < -0.3 is 31.3 Å². The van der Waals surface area contributed by atoms with Crippen LogP contribution in [-0.2, 0) is 81.0 Å². The standard InChI is InChI=1S/C15H18.C14H16O.2C13H15NO.4C13H17N.C12H15NO/c1-11-8-9-12-6-5-7-14(13(12)10-11)15(2,3)4;1-14(2,3)11-8-4-6-10-7-5-9-12(15)13(10)11;1-13(2,3)9-5-4-6-10-12(9)11(15)7-8-14-10;1-13(2,3)10-6-4-5-9-11(15)7-8-14-12(9)10;2*1-9-8-10-11(13(2,3)4)6-5-7-12(10)14-9;1-9-8-10-6-5-7-11(12(10)14-9)13(2,3)4;1-13(2,3)12-6-4-5-10-7-8-14-9-11(10)12;1-8-13-10-7-5-6-9(11(10)14-8)12(2,3)4/h5-9H,1,10H2,2-4H3;4-8H,9H2,1-3H3;2*4-6,8H,7H2,1-3H3;3*5-7,14H,1,8H2,2-4H3;4-8,14H,9H2,1-3H3;5-7,13H,1H2,2-4H3. The zero-order valence-corrected chi connectivity index (χ0v) is 83.4. The summed E-state index contributed by atoms with van der Waals surface area (Å²) in [5.74, 6) is 2.14. The molecule has 11 heteroatoms. The van der Waals surface area contributed by atoms with Gasteiger partial charge in [0.2, 0.25) is 0 Å². The van der Waals surface area contributed by atoms with Gasteiger partial charge in [-0.2, -0.15) is 0 Å². The Morgan fingerprint density at radius 3 is 1.27 bits per heavy atom. The first-order valence-corrected chi connectivity index (χ1v) is 46.2. The molecular formula is C119H147N7O4. The van der Waals surface area contributed by atoms with E-state index in [1.54, 1.807) is 12.4 Å². The van der Waals surface area contributed by atoms with Crippen LogP contribution in [-0.4, -0.2) is 29.8 Å². The molecular weight excluding hydrogens is 1590 g/mol. The third-order valence-electron chi connectivity index (χ3n) is 24.0. The number of carbonyl (C=O) groups is 3. The summed E-state index contributed by atoms with van der Waals surface area (Å²) in [4.78, 5) is 44.1. The molecule has 0 bridgehead atoms. The van der Waals surface area contributed by atoms with E-state index < -0.39 is 0 Å². The van der Waals surface area contributed by atoms with E-state index in [1.807, 2.05) is 72.9 Å². The molecule has 0 radical (unpaired) electrons. The number of benzene rings is 9. The Bertz CT molecular complexity index is 5560. The van der Waals surface area contributed by atoms with Crippen LogP contribution in [0.15, 0.2) is 254 Å². The number of Topliss-reactive ketones (excluding diaryl/α,β-unsaturated/α-hetero) is 3. The second-order valence-corrected chi connectivity index (χ2v) is 44.5. The lowest BCUT2D eigenvalue weighted by Crippen LogP contribution is -2.20. The van der Waals surface area contributed by atoms with Crippen LogP contribution in [0.1, 0.15) is 332 Å². The highest BCUT2D eigenvalue weighted by atomic mass is 16.5. The van der Waals surface area contributed by atoms with E-state index in [-0.39, 0.29) is 66.1 Å². The molecule has 18 rings (SSSR count). The number of rotatable bonds is 0. The van der Waals surface area contributed by atoms with Crippen LogP contribution in [0, 0.1) is 0 Å². The summed E-state index contributed by atoms with van der Waals surface area (Å²) < 4.78 is 5.56. The van der Waals surface area contributed by atoms with Gasteiger partial charge in [-0.15, -0.1) is 0 Å². The molecule has 0 saturated heterocycles. The second-order valence-electron chi connectivity index (χ2n) is 44.5. The molecule has 0 atom stereocenters. The predicted octanol–water partition coefficient (Wildman–Crippen LogP) is 31.0. The summed E-state index contributed by atoms with van der Waals surface area (Å²) in [7, 11) is 0. The summed E-state index contributed by atoms with van der Waals surface area (Å²) in [5, 5.41) is 16.4. The van der Waals surface area contributed by atoms with Gasteiger partial charge in [0.05, 0.1) is 17.1 Å². The minimum absolute atomic E-state index is 0.00609. The van der Waals surface area contributed by atoms with Crippen molar-refractivity contribution in [3.05, 3.63) is 355 Å². The molecule has 9 aromatic carbocycles. The van der Waals surface area contributed by atoms with E-state index in [4.69, 9.17) is 4.74 Å². The zero-order valence-electron chi connectivity index (χ0n) is 83.4. The van der Waals surface area contributed by atoms with Crippen molar-refractivity contribution in [2.24, 2.45) is 9.98 Å². The lowest BCUT2D eigenvalue weighted by atomic mass is 9.79. The van der Waals surface area contributed by atoms with Gasteiger partial charge in [-0.25, -0.2) is 0 Å². The minimum Gasteiger partial charge on any atom is -0.439 e. The molecule has 0 saturated carbocycles. The Kier molecular flexibility index (Phi) is 31.0. The first-order valence-electron chi connectivity index (χ1n) is 46.2. The number of ether oxygens (including phenoxy) is 1. The first kappa shape index (κ1) is 100. The molecule has 11 nitrogen and oxygen atoms in total. The van der Waals surface area contributed by atoms with Crippen LogP contribution >= 0.6 is 0 Å². The average Bonchev–Trinajstić information content (AvgIpc) is 1.78. The number of nitrogens with zero attached hydrogens (tertiary/aromatic N) is 2. The summed E-state index contributed by atoms with van der Waals surface area (Å²) in [6, 6.07) is 56.6. The Morgan fingerprint density at radius 2 is 0.731 bits per heavy atom. The molecule has 9 aromatic rings. The molecule has 0 amide bonds. The van der Waals surface area contributed by atoms with Gasteiger partial charge in [0, 0.05) is 114 Å². The largest absolute Gasteiger partial charge is 0.439 e. The van der Waals surface area contributed by atoms with Gasteiger partial charge in [0.1, 0.15) is 0 Å². The lowest BCUT2D eigenvalue weighted by molar-refractivity contribution is 0.0986. The van der Waals surface area contributed by atoms with Crippen LogP contribution in [0.4, 0.5) is 34.1 Å². The third kappa shape index (κ3) is 25.4. The monoisotopic (exact) mass is 1740 g/mol. The number of aliphatic imine (C=N–C) groups is 2. The minimum atomic E-state index is -0.00609. The van der Waals surface area contributed by atoms with Gasteiger partial charge in [-0.3, -0.25) is 24.4 Å². The molecule has 682 valence electrons. The summed E-state index contributed by atoms with van der Waals surface area (Å²) >= 11 is 0. The average molecular weight is 1740 g/mol. The molecule has 0 spiro atoms. The fourth-order valence-corrected chi connectivity index (χ4v) is 17.6. The molecule has 2 aliphatic carbocycles. The van der Waals surface area contributed by atoms with Gasteiger partial charge in [0.15, 0.2) is 29.0 Å². The van der Waals surface area contributed by atoms with E-state index in [2.05, 4.69) is 384 Å². The maximum Gasteiger partial charge on any atom is 0.190 e. The van der Waals surface area contributed by atoms with Crippen molar-refractivity contribution >= 4 is 82.1 Å². The lowest BCUT2D eigenvalue weighted by Gasteiger charge is -2.26. The Balaban J connectivity index is 0.000000152. The van der Waals surface area contributed by atoms with Crippen LogP contribution in [0.5, 0.6) is 5.75 Å². The van der Waals surface area contributed by atoms with Gasteiger partial charge in [0.25, 0.3) is 0 Å². The smallest absolute Gasteiger partial charge is 0.190 e. The van der Waals surface area contributed by atoms with E-state index in [0.29, 0.717) is 25.1 Å². The highest BCUT2D eigenvalue weighted by molar-refractivity contribution is 6.12. The summed E-state index contributed by atoms with van der Waals surface area (Å²) in [6.45, 7) is 80.3. The van der Waals surface area contributed by atoms with Crippen LogP contribution in [0.2, 0.25) is 0 Å². The van der Waals surface area contributed by atoms with Gasteiger partial charge >= 0.3 is 0 Å². The molecule has 0 fully saturated rings. The molecule has 5 N–H and O–H groups in total. The fraction of sp³-hybridized carbons (Fsp3) is 0.370. The molecule has 7 heterocycles.